The lowest BCUT2D eigenvalue weighted by molar-refractivity contribution is -0.142. The van der Waals surface area contributed by atoms with Gasteiger partial charge in [0.15, 0.2) is 0 Å². The standard InChI is InChI=1S/C11H9ClF2N2O2/c1-2-18-10(17)4-6-7(11(13)14)3-9(12)16-8(6)5-15/h3,11H,2,4H2,1H3. The van der Waals surface area contributed by atoms with E-state index in [-0.39, 0.29) is 23.0 Å². The lowest BCUT2D eigenvalue weighted by atomic mass is 10.0. The molecular formula is C11H9ClF2N2O2. The fourth-order valence-electron chi connectivity index (χ4n) is 1.39. The summed E-state index contributed by atoms with van der Waals surface area (Å²) in [5.41, 5.74) is -0.902. The molecule has 0 saturated heterocycles. The first kappa shape index (κ1) is 14.3. The number of carbonyl (C=O) groups excluding carboxylic acids is 1. The first-order valence-electron chi connectivity index (χ1n) is 5.02. The summed E-state index contributed by atoms with van der Waals surface area (Å²) < 4.78 is 30.3. The smallest absolute Gasteiger partial charge is 0.310 e. The first-order chi connectivity index (χ1) is 8.49. The highest BCUT2D eigenvalue weighted by atomic mass is 35.5. The lowest BCUT2D eigenvalue weighted by Crippen LogP contribution is -2.12. The van der Waals surface area contributed by atoms with Gasteiger partial charge >= 0.3 is 5.97 Å². The Morgan fingerprint density at radius 3 is 2.83 bits per heavy atom. The summed E-state index contributed by atoms with van der Waals surface area (Å²) in [5, 5.41) is 8.61. The van der Waals surface area contributed by atoms with Crippen LogP contribution in [0.15, 0.2) is 6.07 Å². The van der Waals surface area contributed by atoms with Gasteiger partial charge in [0, 0.05) is 11.1 Å². The maximum absolute atomic E-state index is 12.8. The number of carbonyl (C=O) groups is 1. The predicted molar refractivity (Wildman–Crippen MR) is 59.3 cm³/mol. The van der Waals surface area contributed by atoms with Crippen LogP contribution in [0, 0.1) is 11.3 Å². The van der Waals surface area contributed by atoms with Crippen molar-refractivity contribution in [2.45, 2.75) is 19.8 Å². The van der Waals surface area contributed by atoms with Gasteiger partial charge in [-0.15, -0.1) is 0 Å². The number of pyridine rings is 1. The number of alkyl halides is 2. The quantitative estimate of drug-likeness (QED) is 0.625. The van der Waals surface area contributed by atoms with Gasteiger partial charge in [0.05, 0.1) is 13.0 Å². The number of ether oxygens (including phenoxy) is 1. The third-order valence-corrected chi connectivity index (χ3v) is 2.29. The zero-order chi connectivity index (χ0) is 13.7. The molecule has 0 bridgehead atoms. The highest BCUT2D eigenvalue weighted by molar-refractivity contribution is 6.29. The molecule has 0 N–H and O–H groups in total. The average molecular weight is 275 g/mol. The Morgan fingerprint density at radius 1 is 1.67 bits per heavy atom. The van der Waals surface area contributed by atoms with Crippen molar-refractivity contribution in [2.24, 2.45) is 0 Å². The monoisotopic (exact) mass is 274 g/mol. The van der Waals surface area contributed by atoms with Crippen LogP contribution in [0.3, 0.4) is 0 Å². The average Bonchev–Trinajstić information content (AvgIpc) is 2.30. The van der Waals surface area contributed by atoms with Crippen molar-refractivity contribution in [3.63, 3.8) is 0 Å². The Kier molecular flexibility index (Phi) is 4.98. The van der Waals surface area contributed by atoms with Crippen molar-refractivity contribution in [3.05, 3.63) is 28.0 Å². The topological polar surface area (TPSA) is 63.0 Å². The maximum Gasteiger partial charge on any atom is 0.310 e. The second-order valence-corrected chi connectivity index (χ2v) is 3.64. The van der Waals surface area contributed by atoms with Gasteiger partial charge in [-0.2, -0.15) is 5.26 Å². The molecule has 0 amide bonds. The van der Waals surface area contributed by atoms with Crippen LogP contribution in [0.5, 0.6) is 0 Å². The predicted octanol–water partition coefficient (Wildman–Crippen LogP) is 2.65. The molecule has 0 spiro atoms. The molecule has 0 atom stereocenters. The number of aromatic nitrogens is 1. The van der Waals surface area contributed by atoms with Gasteiger partial charge < -0.3 is 4.74 Å². The van der Waals surface area contributed by atoms with Crippen LogP contribution in [0.4, 0.5) is 8.78 Å². The molecule has 0 aliphatic carbocycles. The highest BCUT2D eigenvalue weighted by Crippen LogP contribution is 2.27. The Bertz CT molecular complexity index is 501. The van der Waals surface area contributed by atoms with Gasteiger partial charge in [-0.25, -0.2) is 13.8 Å². The van der Waals surface area contributed by atoms with E-state index in [2.05, 4.69) is 9.72 Å². The van der Waals surface area contributed by atoms with E-state index < -0.39 is 24.4 Å². The number of hydrogen-bond acceptors (Lipinski definition) is 4. The zero-order valence-corrected chi connectivity index (χ0v) is 10.2. The molecule has 1 heterocycles. The lowest BCUT2D eigenvalue weighted by Gasteiger charge is -2.10. The minimum Gasteiger partial charge on any atom is -0.466 e. The summed E-state index contributed by atoms with van der Waals surface area (Å²) in [5.74, 6) is -0.694. The Hall–Kier alpha value is -1.74. The third kappa shape index (κ3) is 3.37. The molecule has 0 unspecified atom stereocenters. The van der Waals surface area contributed by atoms with E-state index in [4.69, 9.17) is 16.9 Å². The molecule has 7 heteroatoms. The maximum atomic E-state index is 12.8. The second-order valence-electron chi connectivity index (χ2n) is 3.26. The fraction of sp³-hybridized carbons (Fsp3) is 0.364. The summed E-state index contributed by atoms with van der Waals surface area (Å²) >= 11 is 5.53. The van der Waals surface area contributed by atoms with Crippen LogP contribution in [-0.4, -0.2) is 17.6 Å². The largest absolute Gasteiger partial charge is 0.466 e. The van der Waals surface area contributed by atoms with Crippen molar-refractivity contribution < 1.29 is 18.3 Å². The van der Waals surface area contributed by atoms with E-state index in [0.717, 1.165) is 6.07 Å². The highest BCUT2D eigenvalue weighted by Gasteiger charge is 2.21. The van der Waals surface area contributed by atoms with Crippen LogP contribution in [0.25, 0.3) is 0 Å². The number of rotatable bonds is 4. The molecule has 0 aromatic carbocycles. The van der Waals surface area contributed by atoms with Crippen molar-refractivity contribution in [1.82, 2.24) is 4.98 Å². The van der Waals surface area contributed by atoms with Gasteiger partial charge in [0.25, 0.3) is 6.43 Å². The summed E-state index contributed by atoms with van der Waals surface area (Å²) in [4.78, 5) is 14.9. The molecule has 0 fully saturated rings. The normalized spacial score (nSPS) is 10.2. The number of hydrogen-bond donors (Lipinski definition) is 0. The molecule has 0 aliphatic heterocycles. The Labute approximate surface area is 107 Å². The molecule has 18 heavy (non-hydrogen) atoms. The third-order valence-electron chi connectivity index (χ3n) is 2.09. The van der Waals surface area contributed by atoms with Crippen molar-refractivity contribution >= 4 is 17.6 Å². The molecule has 1 rings (SSSR count). The molecule has 0 radical (unpaired) electrons. The fourth-order valence-corrected chi connectivity index (χ4v) is 1.59. The summed E-state index contributed by atoms with van der Waals surface area (Å²) in [7, 11) is 0. The van der Waals surface area contributed by atoms with E-state index in [1.807, 2.05) is 0 Å². The molecule has 1 aromatic heterocycles. The van der Waals surface area contributed by atoms with Crippen LogP contribution in [-0.2, 0) is 16.0 Å². The Morgan fingerprint density at radius 2 is 2.33 bits per heavy atom. The molecular weight excluding hydrogens is 266 g/mol. The summed E-state index contributed by atoms with van der Waals surface area (Å²) in [6, 6.07) is 2.59. The van der Waals surface area contributed by atoms with E-state index in [1.165, 1.54) is 0 Å². The summed E-state index contributed by atoms with van der Waals surface area (Å²) in [6.45, 7) is 1.73. The zero-order valence-electron chi connectivity index (χ0n) is 9.41. The van der Waals surface area contributed by atoms with Gasteiger partial charge in [0.2, 0.25) is 0 Å². The number of nitriles is 1. The molecule has 96 valence electrons. The van der Waals surface area contributed by atoms with E-state index in [9.17, 15) is 13.6 Å². The van der Waals surface area contributed by atoms with E-state index in [0.29, 0.717) is 0 Å². The summed E-state index contributed by atoms with van der Waals surface area (Å²) in [6.07, 6.45) is -3.28. The molecule has 1 aromatic rings. The molecule has 0 aliphatic rings. The Balaban J connectivity index is 3.22. The number of esters is 1. The SMILES string of the molecule is CCOC(=O)Cc1c(C(F)F)cc(Cl)nc1C#N. The minimum atomic E-state index is -2.85. The van der Waals surface area contributed by atoms with Crippen LogP contribution in [0.2, 0.25) is 5.15 Å². The van der Waals surface area contributed by atoms with Crippen LogP contribution < -0.4 is 0 Å². The molecule has 4 nitrogen and oxygen atoms in total. The van der Waals surface area contributed by atoms with Gasteiger partial charge in [-0.05, 0) is 13.0 Å². The second kappa shape index (κ2) is 6.26. The minimum absolute atomic E-state index is 0.131. The number of nitrogens with zero attached hydrogens (tertiary/aromatic N) is 2. The van der Waals surface area contributed by atoms with E-state index in [1.54, 1.807) is 13.0 Å². The number of halogens is 3. The van der Waals surface area contributed by atoms with Crippen LogP contribution >= 0.6 is 11.6 Å². The van der Waals surface area contributed by atoms with Gasteiger partial charge in [0.1, 0.15) is 16.9 Å². The van der Waals surface area contributed by atoms with Crippen LogP contribution in [0.1, 0.15) is 30.2 Å². The van der Waals surface area contributed by atoms with Crippen molar-refractivity contribution in [2.75, 3.05) is 6.61 Å². The van der Waals surface area contributed by atoms with Gasteiger partial charge in [-0.3, -0.25) is 4.79 Å². The first-order valence-corrected chi connectivity index (χ1v) is 5.40. The van der Waals surface area contributed by atoms with Gasteiger partial charge in [-0.1, -0.05) is 11.6 Å². The molecule has 0 saturated carbocycles. The van der Waals surface area contributed by atoms with E-state index >= 15 is 0 Å². The van der Waals surface area contributed by atoms with Crippen molar-refractivity contribution in [1.29, 1.82) is 5.26 Å². The van der Waals surface area contributed by atoms with Crippen molar-refractivity contribution in [3.8, 4) is 6.07 Å².